The fourth-order valence-corrected chi connectivity index (χ4v) is 1.20. The van der Waals surface area contributed by atoms with Gasteiger partial charge in [0.1, 0.15) is 0 Å². The van der Waals surface area contributed by atoms with Crippen LogP contribution in [0.1, 0.15) is 19.3 Å². The first kappa shape index (κ1) is 13.4. The van der Waals surface area contributed by atoms with Crippen molar-refractivity contribution in [1.82, 2.24) is 10.6 Å². The molecule has 1 unspecified atom stereocenters. The van der Waals surface area contributed by atoms with Gasteiger partial charge >= 0.3 is 0 Å². The predicted octanol–water partition coefficient (Wildman–Crippen LogP) is -1.22. The summed E-state index contributed by atoms with van der Waals surface area (Å²) >= 11 is 0. The second kappa shape index (κ2) is 8.93. The second-order valence-corrected chi connectivity index (χ2v) is 3.19. The molecule has 0 spiro atoms. The molecule has 0 aromatic rings. The third-order valence-electron chi connectivity index (χ3n) is 2.03. The smallest absolute Gasteiger partial charge is 0.236 e. The van der Waals surface area contributed by atoms with Gasteiger partial charge in [0.2, 0.25) is 5.91 Å². The Hall–Kier alpha value is -0.650. The van der Waals surface area contributed by atoms with E-state index < -0.39 is 0 Å². The van der Waals surface area contributed by atoms with Crippen LogP contribution in [0.3, 0.4) is 0 Å². The first-order valence-electron chi connectivity index (χ1n) is 5.11. The molecule has 0 saturated carbocycles. The molecule has 0 aliphatic carbocycles. The van der Waals surface area contributed by atoms with Crippen LogP contribution in [0.5, 0.6) is 0 Å². The van der Waals surface area contributed by atoms with Crippen molar-refractivity contribution < 1.29 is 4.79 Å². The van der Waals surface area contributed by atoms with Crippen LogP contribution in [0.15, 0.2) is 0 Å². The number of rotatable bonds is 8. The Balaban J connectivity index is 3.78. The molecular weight excluding hydrogens is 180 g/mol. The molecule has 6 N–H and O–H groups in total. The molecule has 84 valence electrons. The Morgan fingerprint density at radius 2 is 1.93 bits per heavy atom. The molecule has 0 saturated heterocycles. The van der Waals surface area contributed by atoms with E-state index >= 15 is 0 Å². The maximum atomic E-state index is 11.4. The van der Waals surface area contributed by atoms with Crippen molar-refractivity contribution in [2.45, 2.75) is 25.3 Å². The summed E-state index contributed by atoms with van der Waals surface area (Å²) in [6, 6.07) is -0.130. The zero-order valence-corrected chi connectivity index (χ0v) is 8.88. The van der Waals surface area contributed by atoms with E-state index in [1.807, 2.05) is 0 Å². The standard InChI is InChI=1S/C9H22N4O/c1-12-9(14)8(4-2-5-10)13-7-3-6-11/h8,13H,2-7,10-11H2,1H3,(H,12,14). The normalized spacial score (nSPS) is 12.5. The van der Waals surface area contributed by atoms with Crippen LogP contribution in [0.4, 0.5) is 0 Å². The van der Waals surface area contributed by atoms with E-state index in [1.54, 1.807) is 7.05 Å². The van der Waals surface area contributed by atoms with Gasteiger partial charge in [-0.3, -0.25) is 4.79 Å². The molecule has 1 atom stereocenters. The molecule has 0 radical (unpaired) electrons. The molecular formula is C9H22N4O. The fourth-order valence-electron chi connectivity index (χ4n) is 1.20. The van der Waals surface area contributed by atoms with Crippen molar-refractivity contribution in [3.8, 4) is 0 Å². The van der Waals surface area contributed by atoms with Gasteiger partial charge in [-0.15, -0.1) is 0 Å². The zero-order chi connectivity index (χ0) is 10.8. The van der Waals surface area contributed by atoms with Gasteiger partial charge in [-0.05, 0) is 38.9 Å². The second-order valence-electron chi connectivity index (χ2n) is 3.19. The van der Waals surface area contributed by atoms with E-state index in [2.05, 4.69) is 10.6 Å². The van der Waals surface area contributed by atoms with Gasteiger partial charge in [0.25, 0.3) is 0 Å². The highest BCUT2D eigenvalue weighted by molar-refractivity contribution is 5.81. The summed E-state index contributed by atoms with van der Waals surface area (Å²) in [6.07, 6.45) is 2.52. The van der Waals surface area contributed by atoms with Crippen molar-refractivity contribution >= 4 is 5.91 Å². The fraction of sp³-hybridized carbons (Fsp3) is 0.889. The number of nitrogens with two attached hydrogens (primary N) is 2. The maximum absolute atomic E-state index is 11.4. The van der Waals surface area contributed by atoms with E-state index in [1.165, 1.54) is 0 Å². The van der Waals surface area contributed by atoms with Crippen molar-refractivity contribution in [1.29, 1.82) is 0 Å². The largest absolute Gasteiger partial charge is 0.358 e. The van der Waals surface area contributed by atoms with Gasteiger partial charge in [-0.25, -0.2) is 0 Å². The molecule has 0 aromatic heterocycles. The SMILES string of the molecule is CNC(=O)C(CCCN)NCCCN. The van der Waals surface area contributed by atoms with Crippen molar-refractivity contribution in [3.63, 3.8) is 0 Å². The summed E-state index contributed by atoms with van der Waals surface area (Å²) in [5.74, 6) is 0.0236. The van der Waals surface area contributed by atoms with Crippen LogP contribution in [0.25, 0.3) is 0 Å². The minimum absolute atomic E-state index is 0.0236. The summed E-state index contributed by atoms with van der Waals surface area (Å²) in [6.45, 7) is 2.04. The third-order valence-corrected chi connectivity index (χ3v) is 2.03. The first-order valence-corrected chi connectivity index (χ1v) is 5.11. The molecule has 5 heteroatoms. The molecule has 0 heterocycles. The summed E-state index contributed by atoms with van der Waals surface area (Å²) in [5.41, 5.74) is 10.8. The molecule has 0 fully saturated rings. The minimum Gasteiger partial charge on any atom is -0.358 e. The highest BCUT2D eigenvalue weighted by Gasteiger charge is 2.14. The van der Waals surface area contributed by atoms with Crippen LogP contribution in [-0.2, 0) is 4.79 Å². The van der Waals surface area contributed by atoms with Crippen LogP contribution in [0, 0.1) is 0 Å². The number of carbonyl (C=O) groups is 1. The lowest BCUT2D eigenvalue weighted by molar-refractivity contribution is -0.122. The summed E-state index contributed by atoms with van der Waals surface area (Å²) in [7, 11) is 1.64. The van der Waals surface area contributed by atoms with Crippen LogP contribution in [0.2, 0.25) is 0 Å². The van der Waals surface area contributed by atoms with Crippen molar-refractivity contribution in [3.05, 3.63) is 0 Å². The van der Waals surface area contributed by atoms with E-state index in [0.29, 0.717) is 13.1 Å². The van der Waals surface area contributed by atoms with Gasteiger partial charge in [0.15, 0.2) is 0 Å². The molecule has 5 nitrogen and oxygen atoms in total. The molecule has 14 heavy (non-hydrogen) atoms. The molecule has 1 amide bonds. The topological polar surface area (TPSA) is 93.2 Å². The Morgan fingerprint density at radius 3 is 2.43 bits per heavy atom. The summed E-state index contributed by atoms with van der Waals surface area (Å²) in [5, 5.41) is 5.79. The van der Waals surface area contributed by atoms with E-state index in [4.69, 9.17) is 11.5 Å². The third kappa shape index (κ3) is 5.90. The highest BCUT2D eigenvalue weighted by atomic mass is 16.2. The van der Waals surface area contributed by atoms with Crippen LogP contribution < -0.4 is 22.1 Å². The first-order chi connectivity index (χ1) is 6.76. The Kier molecular flexibility index (Phi) is 8.51. The summed E-state index contributed by atoms with van der Waals surface area (Å²) in [4.78, 5) is 11.4. The van der Waals surface area contributed by atoms with Gasteiger partial charge in [0.05, 0.1) is 6.04 Å². The lowest BCUT2D eigenvalue weighted by Gasteiger charge is -2.16. The Bertz CT molecular complexity index is 152. The number of hydrogen-bond acceptors (Lipinski definition) is 4. The Labute approximate surface area is 85.6 Å². The molecule has 0 aliphatic heterocycles. The number of carbonyl (C=O) groups excluding carboxylic acids is 1. The van der Waals surface area contributed by atoms with Crippen LogP contribution in [-0.4, -0.2) is 38.6 Å². The van der Waals surface area contributed by atoms with Gasteiger partial charge in [-0.1, -0.05) is 0 Å². The number of likely N-dealkylation sites (N-methyl/N-ethyl adjacent to an activating group) is 1. The van der Waals surface area contributed by atoms with Crippen LogP contribution >= 0.6 is 0 Å². The molecule has 0 aliphatic rings. The monoisotopic (exact) mass is 202 g/mol. The molecule has 0 rings (SSSR count). The minimum atomic E-state index is -0.130. The predicted molar refractivity (Wildman–Crippen MR) is 57.8 cm³/mol. The maximum Gasteiger partial charge on any atom is 0.236 e. The van der Waals surface area contributed by atoms with Gasteiger partial charge in [-0.2, -0.15) is 0 Å². The molecule has 0 bridgehead atoms. The summed E-state index contributed by atoms with van der Waals surface area (Å²) < 4.78 is 0. The highest BCUT2D eigenvalue weighted by Crippen LogP contribution is 1.96. The number of amides is 1. The average Bonchev–Trinajstić information content (AvgIpc) is 2.22. The lowest BCUT2D eigenvalue weighted by Crippen LogP contribution is -2.43. The van der Waals surface area contributed by atoms with Gasteiger partial charge in [0, 0.05) is 7.05 Å². The van der Waals surface area contributed by atoms with Gasteiger partial charge < -0.3 is 22.1 Å². The van der Waals surface area contributed by atoms with E-state index in [0.717, 1.165) is 25.8 Å². The van der Waals surface area contributed by atoms with E-state index in [9.17, 15) is 4.79 Å². The zero-order valence-electron chi connectivity index (χ0n) is 8.88. The number of nitrogens with one attached hydrogen (secondary N) is 2. The molecule has 0 aromatic carbocycles. The van der Waals surface area contributed by atoms with E-state index in [-0.39, 0.29) is 11.9 Å². The number of hydrogen-bond donors (Lipinski definition) is 4. The average molecular weight is 202 g/mol. The Morgan fingerprint density at radius 1 is 1.29 bits per heavy atom. The van der Waals surface area contributed by atoms with Crippen molar-refractivity contribution in [2.24, 2.45) is 11.5 Å². The lowest BCUT2D eigenvalue weighted by atomic mass is 10.1. The van der Waals surface area contributed by atoms with Crippen molar-refractivity contribution in [2.75, 3.05) is 26.7 Å². The quantitative estimate of drug-likeness (QED) is 0.371.